The molecule has 114 valence electrons. The van der Waals surface area contributed by atoms with Crippen molar-refractivity contribution < 1.29 is 4.79 Å². The van der Waals surface area contributed by atoms with Crippen LogP contribution < -0.4 is 10.6 Å². The number of nitrogens with one attached hydrogen (secondary N) is 2. The van der Waals surface area contributed by atoms with Crippen LogP contribution in [-0.2, 0) is 11.2 Å². The standard InChI is InChI=1S/C15H23BrN2O.ClH/c1-12(18-15(19)4-3-11-17-2)5-6-13-7-9-14(16)10-8-13;/h7-10,12,17H,3-6,11H2,1-2H3,(H,18,19);1H. The molecule has 0 saturated heterocycles. The van der Waals surface area contributed by atoms with Crippen LogP contribution in [0.4, 0.5) is 0 Å². The lowest BCUT2D eigenvalue weighted by molar-refractivity contribution is -0.121. The number of carbonyl (C=O) groups is 1. The highest BCUT2D eigenvalue weighted by Crippen LogP contribution is 2.12. The molecule has 20 heavy (non-hydrogen) atoms. The van der Waals surface area contributed by atoms with Crippen molar-refractivity contribution in [3.05, 3.63) is 34.3 Å². The summed E-state index contributed by atoms with van der Waals surface area (Å²) in [5, 5.41) is 6.09. The summed E-state index contributed by atoms with van der Waals surface area (Å²) < 4.78 is 1.10. The molecule has 5 heteroatoms. The van der Waals surface area contributed by atoms with Crippen LogP contribution in [0, 0.1) is 0 Å². The zero-order valence-electron chi connectivity index (χ0n) is 12.1. The topological polar surface area (TPSA) is 41.1 Å². The number of hydrogen-bond acceptors (Lipinski definition) is 2. The lowest BCUT2D eigenvalue weighted by Gasteiger charge is -2.14. The minimum absolute atomic E-state index is 0. The average molecular weight is 364 g/mol. The second kappa shape index (κ2) is 11.1. The van der Waals surface area contributed by atoms with Gasteiger partial charge in [-0.2, -0.15) is 0 Å². The normalized spacial score (nSPS) is 11.6. The molecule has 0 saturated carbocycles. The number of aryl methyl sites for hydroxylation is 1. The van der Waals surface area contributed by atoms with Gasteiger partial charge in [-0.1, -0.05) is 28.1 Å². The molecular weight excluding hydrogens is 340 g/mol. The molecule has 1 rings (SSSR count). The van der Waals surface area contributed by atoms with Gasteiger partial charge in [-0.25, -0.2) is 0 Å². The Kier molecular flexibility index (Phi) is 10.8. The molecule has 1 aromatic carbocycles. The molecule has 1 amide bonds. The van der Waals surface area contributed by atoms with Gasteiger partial charge in [0.25, 0.3) is 0 Å². The molecule has 0 radical (unpaired) electrons. The summed E-state index contributed by atoms with van der Waals surface area (Å²) in [7, 11) is 1.90. The first kappa shape index (κ1) is 19.4. The first-order chi connectivity index (χ1) is 9.11. The van der Waals surface area contributed by atoms with Gasteiger partial charge in [0.05, 0.1) is 0 Å². The quantitative estimate of drug-likeness (QED) is 0.696. The van der Waals surface area contributed by atoms with Gasteiger partial charge in [0, 0.05) is 16.9 Å². The van der Waals surface area contributed by atoms with Gasteiger partial charge >= 0.3 is 0 Å². The van der Waals surface area contributed by atoms with Gasteiger partial charge < -0.3 is 10.6 Å². The largest absolute Gasteiger partial charge is 0.354 e. The monoisotopic (exact) mass is 362 g/mol. The molecule has 1 unspecified atom stereocenters. The van der Waals surface area contributed by atoms with E-state index in [1.54, 1.807) is 0 Å². The Morgan fingerprint density at radius 3 is 2.55 bits per heavy atom. The fourth-order valence-electron chi connectivity index (χ4n) is 1.88. The lowest BCUT2D eigenvalue weighted by atomic mass is 10.1. The van der Waals surface area contributed by atoms with Crippen molar-refractivity contribution in [1.82, 2.24) is 10.6 Å². The third-order valence-electron chi connectivity index (χ3n) is 3.02. The SMILES string of the molecule is CNCCCC(=O)NC(C)CCc1ccc(Br)cc1.Cl. The maximum Gasteiger partial charge on any atom is 0.220 e. The summed E-state index contributed by atoms with van der Waals surface area (Å²) >= 11 is 3.43. The molecule has 0 spiro atoms. The number of halogens is 2. The second-order valence-corrected chi connectivity index (χ2v) is 5.76. The van der Waals surface area contributed by atoms with E-state index in [0.717, 1.165) is 30.3 Å². The molecule has 0 fully saturated rings. The maximum atomic E-state index is 11.6. The molecular formula is C15H24BrClN2O. The van der Waals surface area contributed by atoms with E-state index >= 15 is 0 Å². The minimum Gasteiger partial charge on any atom is -0.354 e. The summed E-state index contributed by atoms with van der Waals surface area (Å²) in [5.41, 5.74) is 1.31. The van der Waals surface area contributed by atoms with Crippen LogP contribution in [0.2, 0.25) is 0 Å². The summed E-state index contributed by atoms with van der Waals surface area (Å²) in [6.45, 7) is 2.95. The molecule has 1 atom stereocenters. The van der Waals surface area contributed by atoms with E-state index in [1.165, 1.54) is 5.56 Å². The highest BCUT2D eigenvalue weighted by atomic mass is 79.9. The summed E-state index contributed by atoms with van der Waals surface area (Å²) in [5.74, 6) is 0.151. The third kappa shape index (κ3) is 8.56. The van der Waals surface area contributed by atoms with E-state index in [-0.39, 0.29) is 24.4 Å². The Labute approximate surface area is 136 Å². The number of benzene rings is 1. The molecule has 0 aromatic heterocycles. The van der Waals surface area contributed by atoms with E-state index in [1.807, 2.05) is 7.05 Å². The van der Waals surface area contributed by atoms with Gasteiger partial charge in [0.2, 0.25) is 5.91 Å². The summed E-state index contributed by atoms with van der Waals surface area (Å²) in [6, 6.07) is 8.56. The van der Waals surface area contributed by atoms with Crippen molar-refractivity contribution in [2.75, 3.05) is 13.6 Å². The molecule has 0 bridgehead atoms. The van der Waals surface area contributed by atoms with E-state index in [9.17, 15) is 4.79 Å². The van der Waals surface area contributed by atoms with Crippen molar-refractivity contribution in [2.45, 2.75) is 38.6 Å². The van der Waals surface area contributed by atoms with E-state index in [2.05, 4.69) is 57.8 Å². The van der Waals surface area contributed by atoms with Crippen LogP contribution in [0.5, 0.6) is 0 Å². The summed E-state index contributed by atoms with van der Waals surface area (Å²) in [6.07, 6.45) is 3.45. The lowest BCUT2D eigenvalue weighted by Crippen LogP contribution is -2.33. The van der Waals surface area contributed by atoms with Crippen molar-refractivity contribution in [3.8, 4) is 0 Å². The van der Waals surface area contributed by atoms with Crippen LogP contribution in [0.3, 0.4) is 0 Å². The van der Waals surface area contributed by atoms with Crippen LogP contribution in [0.15, 0.2) is 28.7 Å². The highest BCUT2D eigenvalue weighted by molar-refractivity contribution is 9.10. The first-order valence-corrected chi connectivity index (χ1v) is 7.59. The van der Waals surface area contributed by atoms with Gasteiger partial charge in [-0.05, 0) is 57.5 Å². The van der Waals surface area contributed by atoms with Crippen LogP contribution in [0.25, 0.3) is 0 Å². The number of amides is 1. The van der Waals surface area contributed by atoms with Crippen LogP contribution >= 0.6 is 28.3 Å². The predicted molar refractivity (Wildman–Crippen MR) is 90.5 cm³/mol. The zero-order chi connectivity index (χ0) is 14.1. The van der Waals surface area contributed by atoms with Crippen LogP contribution in [0.1, 0.15) is 31.7 Å². The summed E-state index contributed by atoms with van der Waals surface area (Å²) in [4.78, 5) is 11.6. The van der Waals surface area contributed by atoms with Gasteiger partial charge in [0.1, 0.15) is 0 Å². The third-order valence-corrected chi connectivity index (χ3v) is 3.55. The Hall–Kier alpha value is -0.580. The maximum absolute atomic E-state index is 11.6. The van der Waals surface area contributed by atoms with Crippen LogP contribution in [-0.4, -0.2) is 25.5 Å². The Morgan fingerprint density at radius 2 is 1.95 bits per heavy atom. The predicted octanol–water partition coefficient (Wildman–Crippen LogP) is 3.31. The zero-order valence-corrected chi connectivity index (χ0v) is 14.5. The minimum atomic E-state index is 0. The van der Waals surface area contributed by atoms with Gasteiger partial charge in [-0.15, -0.1) is 12.4 Å². The van der Waals surface area contributed by atoms with E-state index < -0.39 is 0 Å². The molecule has 0 aliphatic rings. The molecule has 1 aromatic rings. The van der Waals surface area contributed by atoms with E-state index in [4.69, 9.17) is 0 Å². The molecule has 2 N–H and O–H groups in total. The molecule has 3 nitrogen and oxygen atoms in total. The molecule has 0 heterocycles. The second-order valence-electron chi connectivity index (χ2n) is 4.84. The smallest absolute Gasteiger partial charge is 0.220 e. The Bertz CT molecular complexity index is 384. The molecule has 0 aliphatic carbocycles. The van der Waals surface area contributed by atoms with Crippen molar-refractivity contribution in [2.24, 2.45) is 0 Å². The first-order valence-electron chi connectivity index (χ1n) is 6.80. The highest BCUT2D eigenvalue weighted by Gasteiger charge is 2.07. The number of hydrogen-bond donors (Lipinski definition) is 2. The average Bonchev–Trinajstić information content (AvgIpc) is 2.38. The van der Waals surface area contributed by atoms with Gasteiger partial charge in [-0.3, -0.25) is 4.79 Å². The molecule has 0 aliphatic heterocycles. The van der Waals surface area contributed by atoms with Gasteiger partial charge in [0.15, 0.2) is 0 Å². The van der Waals surface area contributed by atoms with Crippen molar-refractivity contribution in [3.63, 3.8) is 0 Å². The Balaban J connectivity index is 0.00000361. The fraction of sp³-hybridized carbons (Fsp3) is 0.533. The number of rotatable bonds is 8. The number of carbonyl (C=O) groups excluding carboxylic acids is 1. The van der Waals surface area contributed by atoms with E-state index in [0.29, 0.717) is 6.42 Å². The van der Waals surface area contributed by atoms with Crippen molar-refractivity contribution in [1.29, 1.82) is 0 Å². The fourth-order valence-corrected chi connectivity index (χ4v) is 2.14. The van der Waals surface area contributed by atoms with Crippen molar-refractivity contribution >= 4 is 34.2 Å². The Morgan fingerprint density at radius 1 is 1.30 bits per heavy atom.